The topological polar surface area (TPSA) is 43.9 Å². The van der Waals surface area contributed by atoms with Gasteiger partial charge in [-0.15, -0.1) is 0 Å². The quantitative estimate of drug-likeness (QED) is 0.597. The van der Waals surface area contributed by atoms with Gasteiger partial charge in [-0.05, 0) is 42.2 Å². The number of carbonyl (C=O) groups is 2. The van der Waals surface area contributed by atoms with Crippen LogP contribution in [-0.2, 0) is 16.1 Å². The fourth-order valence-electron chi connectivity index (χ4n) is 3.96. The van der Waals surface area contributed by atoms with Crippen molar-refractivity contribution in [3.8, 4) is 0 Å². The van der Waals surface area contributed by atoms with Crippen LogP contribution < -0.4 is 0 Å². The minimum absolute atomic E-state index is 0.0374. The monoisotopic (exact) mass is 435 g/mol. The van der Waals surface area contributed by atoms with Gasteiger partial charge in [0.15, 0.2) is 0 Å². The molecule has 1 aliphatic carbocycles. The van der Waals surface area contributed by atoms with Gasteiger partial charge in [-0.25, -0.2) is 4.39 Å². The predicted molar refractivity (Wildman–Crippen MR) is 123 cm³/mol. The number of rotatable bonds is 8. The number of amides is 2. The molecule has 1 saturated carbocycles. The second kappa shape index (κ2) is 10.6. The van der Waals surface area contributed by atoms with Crippen LogP contribution in [0.2, 0.25) is 0 Å². The van der Waals surface area contributed by atoms with Crippen LogP contribution in [0.1, 0.15) is 24.0 Å². The summed E-state index contributed by atoms with van der Waals surface area (Å²) in [5.41, 5.74) is 1.96. The van der Waals surface area contributed by atoms with E-state index < -0.39 is 0 Å². The van der Waals surface area contributed by atoms with E-state index in [0.717, 1.165) is 43.6 Å². The third-order valence-electron chi connectivity index (χ3n) is 6.11. The first-order valence-electron chi connectivity index (χ1n) is 11.4. The number of piperazine rings is 1. The van der Waals surface area contributed by atoms with Crippen molar-refractivity contribution in [2.75, 3.05) is 39.3 Å². The second-order valence-corrected chi connectivity index (χ2v) is 8.57. The highest BCUT2D eigenvalue weighted by molar-refractivity contribution is 5.91. The first-order chi connectivity index (χ1) is 15.6. The Morgan fingerprint density at radius 1 is 0.969 bits per heavy atom. The molecule has 2 aromatic carbocycles. The highest BCUT2D eigenvalue weighted by Gasteiger charge is 2.33. The summed E-state index contributed by atoms with van der Waals surface area (Å²) >= 11 is 0. The number of benzene rings is 2. The van der Waals surface area contributed by atoms with Crippen LogP contribution in [0.3, 0.4) is 0 Å². The van der Waals surface area contributed by atoms with E-state index in [2.05, 4.69) is 4.90 Å². The molecule has 6 heteroatoms. The van der Waals surface area contributed by atoms with Gasteiger partial charge in [-0.3, -0.25) is 14.5 Å². The van der Waals surface area contributed by atoms with Crippen molar-refractivity contribution in [2.24, 2.45) is 5.92 Å². The molecule has 32 heavy (non-hydrogen) atoms. The maximum absolute atomic E-state index is 13.2. The summed E-state index contributed by atoms with van der Waals surface area (Å²) in [5.74, 6) is 0.130. The average molecular weight is 436 g/mol. The highest BCUT2D eigenvalue weighted by Crippen LogP contribution is 2.31. The lowest BCUT2D eigenvalue weighted by atomic mass is 10.2. The summed E-state index contributed by atoms with van der Waals surface area (Å²) < 4.78 is 13.2. The van der Waals surface area contributed by atoms with Gasteiger partial charge in [0.2, 0.25) is 11.8 Å². The molecule has 1 heterocycles. The summed E-state index contributed by atoms with van der Waals surface area (Å²) in [4.78, 5) is 31.3. The molecule has 168 valence electrons. The van der Waals surface area contributed by atoms with Crippen molar-refractivity contribution >= 4 is 17.9 Å². The summed E-state index contributed by atoms with van der Waals surface area (Å²) in [6.07, 6.45) is 5.43. The summed E-state index contributed by atoms with van der Waals surface area (Å²) in [5, 5.41) is 0. The molecule has 0 atom stereocenters. The SMILES string of the molecule is O=C(/C=C/c1ccccc1)N1CCN(CCN(Cc2ccc(F)cc2)C(=O)C2CC2)CC1. The van der Waals surface area contributed by atoms with Crippen LogP contribution >= 0.6 is 0 Å². The van der Waals surface area contributed by atoms with E-state index in [9.17, 15) is 14.0 Å². The molecule has 2 amide bonds. The van der Waals surface area contributed by atoms with Crippen LogP contribution in [0.25, 0.3) is 6.08 Å². The first-order valence-corrected chi connectivity index (χ1v) is 11.4. The molecule has 2 aromatic rings. The van der Waals surface area contributed by atoms with Gasteiger partial charge >= 0.3 is 0 Å². The molecule has 4 rings (SSSR count). The van der Waals surface area contributed by atoms with Crippen LogP contribution in [0, 0.1) is 11.7 Å². The minimum atomic E-state index is -0.264. The molecule has 0 radical (unpaired) electrons. The molecule has 0 spiro atoms. The molecule has 5 nitrogen and oxygen atoms in total. The van der Waals surface area contributed by atoms with Crippen molar-refractivity contribution < 1.29 is 14.0 Å². The number of hydrogen-bond donors (Lipinski definition) is 0. The molecule has 2 fully saturated rings. The van der Waals surface area contributed by atoms with Gasteiger partial charge in [0.1, 0.15) is 5.82 Å². The Labute approximate surface area is 189 Å². The molecular formula is C26H30FN3O2. The lowest BCUT2D eigenvalue weighted by molar-refractivity contribution is -0.133. The molecule has 1 saturated heterocycles. The zero-order valence-electron chi connectivity index (χ0n) is 18.3. The van der Waals surface area contributed by atoms with Gasteiger partial charge in [-0.1, -0.05) is 42.5 Å². The van der Waals surface area contributed by atoms with E-state index in [1.807, 2.05) is 46.2 Å². The zero-order chi connectivity index (χ0) is 22.3. The largest absolute Gasteiger partial charge is 0.337 e. The van der Waals surface area contributed by atoms with E-state index in [-0.39, 0.29) is 23.5 Å². The van der Waals surface area contributed by atoms with Crippen LogP contribution in [-0.4, -0.2) is 65.8 Å². The Morgan fingerprint density at radius 2 is 1.66 bits per heavy atom. The summed E-state index contributed by atoms with van der Waals surface area (Å²) in [6.45, 7) is 4.91. The smallest absolute Gasteiger partial charge is 0.246 e. The van der Waals surface area contributed by atoms with Gasteiger partial charge in [-0.2, -0.15) is 0 Å². The number of nitrogens with zero attached hydrogens (tertiary/aromatic N) is 3. The van der Waals surface area contributed by atoms with E-state index in [1.54, 1.807) is 18.2 Å². The molecule has 0 aromatic heterocycles. The van der Waals surface area contributed by atoms with E-state index in [1.165, 1.54) is 12.1 Å². The maximum atomic E-state index is 13.2. The fourth-order valence-corrected chi connectivity index (χ4v) is 3.96. The lowest BCUT2D eigenvalue weighted by Crippen LogP contribution is -2.50. The van der Waals surface area contributed by atoms with Crippen LogP contribution in [0.15, 0.2) is 60.7 Å². The maximum Gasteiger partial charge on any atom is 0.246 e. The minimum Gasteiger partial charge on any atom is -0.337 e. The van der Waals surface area contributed by atoms with Crippen molar-refractivity contribution in [1.29, 1.82) is 0 Å². The second-order valence-electron chi connectivity index (χ2n) is 8.57. The molecular weight excluding hydrogens is 405 g/mol. The van der Waals surface area contributed by atoms with E-state index >= 15 is 0 Å². The van der Waals surface area contributed by atoms with Crippen LogP contribution in [0.5, 0.6) is 0 Å². The average Bonchev–Trinajstić information content (AvgIpc) is 3.67. The van der Waals surface area contributed by atoms with Gasteiger partial charge in [0.25, 0.3) is 0 Å². The Bertz CT molecular complexity index is 933. The normalized spacial score (nSPS) is 17.0. The Hall–Kier alpha value is -2.99. The third kappa shape index (κ3) is 6.26. The highest BCUT2D eigenvalue weighted by atomic mass is 19.1. The van der Waals surface area contributed by atoms with E-state index in [4.69, 9.17) is 0 Å². The Kier molecular flexibility index (Phi) is 7.32. The lowest BCUT2D eigenvalue weighted by Gasteiger charge is -2.35. The van der Waals surface area contributed by atoms with Crippen molar-refractivity contribution in [3.05, 3.63) is 77.6 Å². The molecule has 0 N–H and O–H groups in total. The molecule has 0 unspecified atom stereocenters. The summed E-state index contributed by atoms with van der Waals surface area (Å²) in [7, 11) is 0. The van der Waals surface area contributed by atoms with Gasteiger partial charge in [0.05, 0.1) is 0 Å². The first kappa shape index (κ1) is 22.2. The number of carbonyl (C=O) groups excluding carboxylic acids is 2. The Morgan fingerprint density at radius 3 is 2.31 bits per heavy atom. The van der Waals surface area contributed by atoms with Crippen LogP contribution in [0.4, 0.5) is 4.39 Å². The van der Waals surface area contributed by atoms with Crippen molar-refractivity contribution in [1.82, 2.24) is 14.7 Å². The molecule has 0 bridgehead atoms. The third-order valence-corrected chi connectivity index (χ3v) is 6.11. The van der Waals surface area contributed by atoms with Crippen molar-refractivity contribution in [2.45, 2.75) is 19.4 Å². The van der Waals surface area contributed by atoms with Gasteiger partial charge in [0, 0.05) is 57.8 Å². The van der Waals surface area contributed by atoms with E-state index in [0.29, 0.717) is 26.2 Å². The molecule has 1 aliphatic heterocycles. The fraction of sp³-hybridized carbons (Fsp3) is 0.385. The summed E-state index contributed by atoms with van der Waals surface area (Å²) in [6, 6.07) is 16.2. The van der Waals surface area contributed by atoms with Crippen molar-refractivity contribution in [3.63, 3.8) is 0 Å². The number of hydrogen-bond acceptors (Lipinski definition) is 3. The van der Waals surface area contributed by atoms with Gasteiger partial charge < -0.3 is 9.80 Å². The molecule has 2 aliphatic rings. The predicted octanol–water partition coefficient (Wildman–Crippen LogP) is 3.42. The Balaban J connectivity index is 1.25. The standard InChI is InChI=1S/C26H30FN3O2/c27-24-11-6-22(7-12-24)20-30(26(32)23-9-10-23)19-16-28-14-17-29(18-15-28)25(31)13-8-21-4-2-1-3-5-21/h1-8,11-13,23H,9-10,14-20H2/b13-8+. The zero-order valence-corrected chi connectivity index (χ0v) is 18.3. The number of halogens is 1.